The Hall–Kier alpha value is -1.43. The molecule has 88 valence electrons. The molecule has 1 N–H and O–H groups in total. The molecule has 0 fully saturated rings. The van der Waals surface area contributed by atoms with Crippen LogP contribution in [0.3, 0.4) is 0 Å². The standard InChI is InChI=1S/C10H13NO4S/c1-8(10(12)13)6-16(14,15)7-9-3-2-4-11-5-9/h2-5,8H,6-7H2,1H3,(H,12,13). The van der Waals surface area contributed by atoms with Gasteiger partial charge in [-0.3, -0.25) is 9.78 Å². The van der Waals surface area contributed by atoms with Crippen molar-refractivity contribution in [3.8, 4) is 0 Å². The normalized spacial score (nSPS) is 13.3. The number of aromatic nitrogens is 1. The Morgan fingerprint density at radius 3 is 2.75 bits per heavy atom. The minimum Gasteiger partial charge on any atom is -0.481 e. The quantitative estimate of drug-likeness (QED) is 0.823. The zero-order valence-corrected chi connectivity index (χ0v) is 9.64. The number of carbonyl (C=O) groups is 1. The molecule has 0 saturated carbocycles. The summed E-state index contributed by atoms with van der Waals surface area (Å²) in [5.41, 5.74) is 0.570. The van der Waals surface area contributed by atoms with Crippen molar-refractivity contribution in [2.45, 2.75) is 12.7 Å². The molecular weight excluding hydrogens is 230 g/mol. The Morgan fingerprint density at radius 1 is 1.56 bits per heavy atom. The fourth-order valence-electron chi connectivity index (χ4n) is 1.25. The summed E-state index contributed by atoms with van der Waals surface area (Å²) in [6, 6.07) is 3.29. The fraction of sp³-hybridized carbons (Fsp3) is 0.400. The van der Waals surface area contributed by atoms with Gasteiger partial charge in [-0.15, -0.1) is 0 Å². The lowest BCUT2D eigenvalue weighted by molar-refractivity contribution is -0.140. The number of sulfone groups is 1. The molecule has 1 aromatic rings. The van der Waals surface area contributed by atoms with Gasteiger partial charge >= 0.3 is 5.97 Å². The van der Waals surface area contributed by atoms with E-state index in [1.54, 1.807) is 18.3 Å². The Bertz CT molecular complexity index is 455. The van der Waals surface area contributed by atoms with Crippen LogP contribution in [0.15, 0.2) is 24.5 Å². The van der Waals surface area contributed by atoms with Crippen LogP contribution in [0.2, 0.25) is 0 Å². The van der Waals surface area contributed by atoms with Gasteiger partial charge in [-0.05, 0) is 11.6 Å². The molecule has 0 saturated heterocycles. The molecule has 5 nitrogen and oxygen atoms in total. The predicted molar refractivity (Wildman–Crippen MR) is 58.5 cm³/mol. The van der Waals surface area contributed by atoms with Gasteiger partial charge in [0.2, 0.25) is 0 Å². The highest BCUT2D eigenvalue weighted by molar-refractivity contribution is 7.90. The molecule has 16 heavy (non-hydrogen) atoms. The van der Waals surface area contributed by atoms with Crippen molar-refractivity contribution in [3.05, 3.63) is 30.1 Å². The molecular formula is C10H13NO4S. The molecule has 0 aromatic carbocycles. The first-order valence-corrected chi connectivity index (χ1v) is 6.55. The second-order valence-electron chi connectivity index (χ2n) is 3.66. The van der Waals surface area contributed by atoms with Crippen molar-refractivity contribution in [2.24, 2.45) is 5.92 Å². The van der Waals surface area contributed by atoms with E-state index in [4.69, 9.17) is 5.11 Å². The van der Waals surface area contributed by atoms with E-state index in [0.29, 0.717) is 5.56 Å². The van der Waals surface area contributed by atoms with Crippen molar-refractivity contribution in [1.29, 1.82) is 0 Å². The lowest BCUT2D eigenvalue weighted by atomic mass is 10.2. The molecule has 1 atom stereocenters. The van der Waals surface area contributed by atoms with Crippen LogP contribution in [0.5, 0.6) is 0 Å². The minimum absolute atomic E-state index is 0.168. The summed E-state index contributed by atoms with van der Waals surface area (Å²) < 4.78 is 23.2. The molecule has 1 rings (SSSR count). The van der Waals surface area contributed by atoms with Gasteiger partial charge in [-0.2, -0.15) is 0 Å². The van der Waals surface area contributed by atoms with Gasteiger partial charge in [0, 0.05) is 12.4 Å². The van der Waals surface area contributed by atoms with E-state index in [9.17, 15) is 13.2 Å². The van der Waals surface area contributed by atoms with Gasteiger partial charge in [-0.1, -0.05) is 13.0 Å². The SMILES string of the molecule is CC(CS(=O)(=O)Cc1cccnc1)C(=O)O. The summed E-state index contributed by atoms with van der Waals surface area (Å²) in [7, 11) is -3.40. The maximum Gasteiger partial charge on any atom is 0.307 e. The highest BCUT2D eigenvalue weighted by Gasteiger charge is 2.21. The van der Waals surface area contributed by atoms with Crippen LogP contribution < -0.4 is 0 Å². The molecule has 6 heteroatoms. The highest BCUT2D eigenvalue weighted by atomic mass is 32.2. The minimum atomic E-state index is -3.40. The van der Waals surface area contributed by atoms with Crippen LogP contribution in [0, 0.1) is 5.92 Å². The third-order valence-electron chi connectivity index (χ3n) is 2.03. The van der Waals surface area contributed by atoms with Crippen LogP contribution in [0.25, 0.3) is 0 Å². The number of aliphatic carboxylic acids is 1. The van der Waals surface area contributed by atoms with E-state index in [-0.39, 0.29) is 11.5 Å². The second-order valence-corrected chi connectivity index (χ2v) is 5.76. The summed E-state index contributed by atoms with van der Waals surface area (Å²) in [6.07, 6.45) is 3.01. The van der Waals surface area contributed by atoms with Crippen molar-refractivity contribution in [1.82, 2.24) is 4.98 Å². The summed E-state index contributed by atoms with van der Waals surface area (Å²) >= 11 is 0. The highest BCUT2D eigenvalue weighted by Crippen LogP contribution is 2.09. The molecule has 1 heterocycles. The molecule has 0 aliphatic rings. The Kier molecular flexibility index (Phi) is 4.00. The number of pyridine rings is 1. The molecule has 0 radical (unpaired) electrons. The van der Waals surface area contributed by atoms with E-state index in [0.717, 1.165) is 0 Å². The number of carboxylic acids is 1. The van der Waals surface area contributed by atoms with Gasteiger partial charge in [-0.25, -0.2) is 8.42 Å². The van der Waals surface area contributed by atoms with E-state index >= 15 is 0 Å². The zero-order chi connectivity index (χ0) is 12.2. The largest absolute Gasteiger partial charge is 0.481 e. The number of hydrogen-bond donors (Lipinski definition) is 1. The number of nitrogens with zero attached hydrogens (tertiary/aromatic N) is 1. The van der Waals surface area contributed by atoms with Gasteiger partial charge < -0.3 is 5.11 Å². The van der Waals surface area contributed by atoms with E-state index < -0.39 is 21.7 Å². The lowest BCUT2D eigenvalue weighted by Gasteiger charge is -2.07. The number of rotatable bonds is 5. The van der Waals surface area contributed by atoms with Crippen molar-refractivity contribution >= 4 is 15.8 Å². The van der Waals surface area contributed by atoms with E-state index in [1.165, 1.54) is 13.1 Å². The average molecular weight is 243 g/mol. The molecule has 0 spiro atoms. The topological polar surface area (TPSA) is 84.3 Å². The van der Waals surface area contributed by atoms with Gasteiger partial charge in [0.05, 0.1) is 17.4 Å². The van der Waals surface area contributed by atoms with Crippen molar-refractivity contribution in [2.75, 3.05) is 5.75 Å². The Labute approximate surface area is 94.1 Å². The maximum absolute atomic E-state index is 11.6. The summed E-state index contributed by atoms with van der Waals surface area (Å²) in [6.45, 7) is 1.38. The van der Waals surface area contributed by atoms with Crippen molar-refractivity contribution in [3.63, 3.8) is 0 Å². The number of carboxylic acid groups (broad SMARTS) is 1. The molecule has 1 aromatic heterocycles. The Morgan fingerprint density at radius 2 is 2.25 bits per heavy atom. The number of hydrogen-bond acceptors (Lipinski definition) is 4. The first-order chi connectivity index (χ1) is 7.41. The fourth-order valence-corrected chi connectivity index (χ4v) is 2.95. The molecule has 0 aliphatic heterocycles. The first kappa shape index (κ1) is 12.6. The molecule has 0 amide bonds. The van der Waals surface area contributed by atoms with E-state index in [2.05, 4.69) is 4.98 Å². The maximum atomic E-state index is 11.6. The van der Waals surface area contributed by atoms with Gasteiger partial charge in [0.25, 0.3) is 0 Å². The third kappa shape index (κ3) is 3.98. The summed E-state index contributed by atoms with van der Waals surface area (Å²) in [5.74, 6) is -2.51. The summed E-state index contributed by atoms with van der Waals surface area (Å²) in [4.78, 5) is 14.4. The average Bonchev–Trinajstić information content (AvgIpc) is 2.17. The first-order valence-electron chi connectivity index (χ1n) is 4.73. The smallest absolute Gasteiger partial charge is 0.307 e. The van der Waals surface area contributed by atoms with Crippen LogP contribution in [-0.2, 0) is 20.4 Å². The van der Waals surface area contributed by atoms with Gasteiger partial charge in [0.1, 0.15) is 0 Å². The second kappa shape index (κ2) is 5.07. The van der Waals surface area contributed by atoms with Crippen molar-refractivity contribution < 1.29 is 18.3 Å². The predicted octanol–water partition coefficient (Wildman–Crippen LogP) is 0.717. The summed E-state index contributed by atoms with van der Waals surface area (Å²) in [5, 5.41) is 8.63. The van der Waals surface area contributed by atoms with Crippen LogP contribution in [-0.4, -0.2) is 30.2 Å². The molecule has 0 aliphatic carbocycles. The third-order valence-corrected chi connectivity index (χ3v) is 3.82. The van der Waals surface area contributed by atoms with Crippen LogP contribution >= 0.6 is 0 Å². The van der Waals surface area contributed by atoms with E-state index in [1.807, 2.05) is 0 Å². The zero-order valence-electron chi connectivity index (χ0n) is 8.83. The van der Waals surface area contributed by atoms with Gasteiger partial charge in [0.15, 0.2) is 9.84 Å². The Balaban J connectivity index is 2.70. The lowest BCUT2D eigenvalue weighted by Crippen LogP contribution is -2.22. The monoisotopic (exact) mass is 243 g/mol. The molecule has 1 unspecified atom stereocenters. The van der Waals surface area contributed by atoms with Crippen LogP contribution in [0.1, 0.15) is 12.5 Å². The molecule has 0 bridgehead atoms. The van der Waals surface area contributed by atoms with Crippen LogP contribution in [0.4, 0.5) is 0 Å².